The van der Waals surface area contributed by atoms with Gasteiger partial charge in [0.15, 0.2) is 0 Å². The van der Waals surface area contributed by atoms with Gasteiger partial charge in [0.05, 0.1) is 13.2 Å². The average molecular weight is 277 g/mol. The molecule has 0 bridgehead atoms. The third-order valence-corrected chi connectivity index (χ3v) is 3.20. The summed E-state index contributed by atoms with van der Waals surface area (Å²) in [7, 11) is 3.32. The fourth-order valence-electron chi connectivity index (χ4n) is 2.32. The van der Waals surface area contributed by atoms with E-state index in [4.69, 9.17) is 4.74 Å². The lowest BCUT2D eigenvalue weighted by Crippen LogP contribution is -2.19. The Bertz CT molecular complexity index is 593. The monoisotopic (exact) mass is 277 g/mol. The molecule has 0 aliphatic carbocycles. The lowest BCUT2D eigenvalue weighted by atomic mass is 9.96. The van der Waals surface area contributed by atoms with E-state index in [-0.39, 0.29) is 6.04 Å². The van der Waals surface area contributed by atoms with Crippen LogP contribution < -0.4 is 10.1 Å². The molecule has 106 valence electrons. The Hall–Kier alpha value is -1.94. The summed E-state index contributed by atoms with van der Waals surface area (Å²) in [6, 6.07) is 8.91. The standard InChI is InChI=1S/C16H17F2NO/c1-10-4-5-15(20-3)14(6-10)16(19-2)11-7-12(17)9-13(18)8-11/h4-9,16,19H,1-3H3. The molecule has 0 fully saturated rings. The highest BCUT2D eigenvalue weighted by atomic mass is 19.1. The highest BCUT2D eigenvalue weighted by Gasteiger charge is 2.18. The normalized spacial score (nSPS) is 12.2. The number of hydrogen-bond donors (Lipinski definition) is 1. The molecule has 0 saturated heterocycles. The first-order chi connectivity index (χ1) is 9.55. The number of aryl methyl sites for hydroxylation is 1. The summed E-state index contributed by atoms with van der Waals surface area (Å²) in [5.41, 5.74) is 2.42. The smallest absolute Gasteiger partial charge is 0.126 e. The molecule has 0 aliphatic heterocycles. The molecule has 0 radical (unpaired) electrons. The second-order valence-corrected chi connectivity index (χ2v) is 4.67. The van der Waals surface area contributed by atoms with Crippen molar-refractivity contribution in [2.45, 2.75) is 13.0 Å². The van der Waals surface area contributed by atoms with Crippen molar-refractivity contribution in [2.24, 2.45) is 0 Å². The summed E-state index contributed by atoms with van der Waals surface area (Å²) in [4.78, 5) is 0. The van der Waals surface area contributed by atoms with Crippen molar-refractivity contribution in [3.05, 3.63) is 64.7 Å². The molecule has 1 atom stereocenters. The van der Waals surface area contributed by atoms with Gasteiger partial charge < -0.3 is 10.1 Å². The van der Waals surface area contributed by atoms with Gasteiger partial charge in [-0.15, -0.1) is 0 Å². The van der Waals surface area contributed by atoms with Crippen molar-refractivity contribution in [3.8, 4) is 5.75 Å². The SMILES string of the molecule is CNC(c1cc(F)cc(F)c1)c1cc(C)ccc1OC. The van der Waals surface area contributed by atoms with Crippen LogP contribution in [0.3, 0.4) is 0 Å². The molecule has 2 rings (SSSR count). The van der Waals surface area contributed by atoms with Gasteiger partial charge in [0.1, 0.15) is 17.4 Å². The van der Waals surface area contributed by atoms with Gasteiger partial charge in [-0.1, -0.05) is 17.7 Å². The fraction of sp³-hybridized carbons (Fsp3) is 0.250. The largest absolute Gasteiger partial charge is 0.496 e. The molecule has 0 heterocycles. The molecule has 1 N–H and O–H groups in total. The van der Waals surface area contributed by atoms with Gasteiger partial charge in [-0.3, -0.25) is 0 Å². The molecule has 0 amide bonds. The summed E-state index contributed by atoms with van der Waals surface area (Å²) >= 11 is 0. The molecule has 2 aromatic rings. The molecular weight excluding hydrogens is 260 g/mol. The topological polar surface area (TPSA) is 21.3 Å². The zero-order valence-electron chi connectivity index (χ0n) is 11.7. The van der Waals surface area contributed by atoms with Crippen LogP contribution in [0, 0.1) is 18.6 Å². The highest BCUT2D eigenvalue weighted by molar-refractivity contribution is 5.44. The van der Waals surface area contributed by atoms with Gasteiger partial charge in [0.25, 0.3) is 0 Å². The first kappa shape index (κ1) is 14.5. The third-order valence-electron chi connectivity index (χ3n) is 3.20. The minimum atomic E-state index is -0.591. The van der Waals surface area contributed by atoms with Gasteiger partial charge >= 0.3 is 0 Å². The van der Waals surface area contributed by atoms with E-state index in [0.29, 0.717) is 11.3 Å². The Morgan fingerprint density at radius 3 is 2.25 bits per heavy atom. The van der Waals surface area contributed by atoms with Crippen molar-refractivity contribution in [2.75, 3.05) is 14.2 Å². The molecule has 2 nitrogen and oxygen atoms in total. The van der Waals surface area contributed by atoms with Crippen molar-refractivity contribution >= 4 is 0 Å². The second kappa shape index (κ2) is 6.01. The Morgan fingerprint density at radius 1 is 1.05 bits per heavy atom. The van der Waals surface area contributed by atoms with Crippen LogP contribution in [0.2, 0.25) is 0 Å². The van der Waals surface area contributed by atoms with Crippen LogP contribution in [0.25, 0.3) is 0 Å². The van der Waals surface area contributed by atoms with E-state index in [1.54, 1.807) is 14.2 Å². The Kier molecular flexibility index (Phi) is 4.35. The van der Waals surface area contributed by atoms with Crippen LogP contribution in [0.4, 0.5) is 8.78 Å². The number of methoxy groups -OCH3 is 1. The molecule has 0 saturated carbocycles. The van der Waals surface area contributed by atoms with E-state index in [1.165, 1.54) is 12.1 Å². The zero-order chi connectivity index (χ0) is 14.7. The zero-order valence-corrected chi connectivity index (χ0v) is 11.7. The van der Waals surface area contributed by atoms with E-state index in [1.807, 2.05) is 25.1 Å². The first-order valence-corrected chi connectivity index (χ1v) is 6.33. The van der Waals surface area contributed by atoms with E-state index in [0.717, 1.165) is 17.2 Å². The molecule has 0 aromatic heterocycles. The fourth-order valence-corrected chi connectivity index (χ4v) is 2.32. The second-order valence-electron chi connectivity index (χ2n) is 4.67. The highest BCUT2D eigenvalue weighted by Crippen LogP contribution is 2.31. The molecular formula is C16H17F2NO. The van der Waals surface area contributed by atoms with E-state index >= 15 is 0 Å². The van der Waals surface area contributed by atoms with Crippen molar-refractivity contribution in [1.29, 1.82) is 0 Å². The van der Waals surface area contributed by atoms with E-state index < -0.39 is 11.6 Å². The van der Waals surface area contributed by atoms with E-state index in [2.05, 4.69) is 5.32 Å². The maximum Gasteiger partial charge on any atom is 0.126 e. The van der Waals surface area contributed by atoms with Gasteiger partial charge in [-0.05, 0) is 37.7 Å². The van der Waals surface area contributed by atoms with Crippen LogP contribution in [0.5, 0.6) is 5.75 Å². The third kappa shape index (κ3) is 2.96. The maximum absolute atomic E-state index is 13.4. The molecule has 0 aliphatic rings. The number of nitrogens with one attached hydrogen (secondary N) is 1. The lowest BCUT2D eigenvalue weighted by molar-refractivity contribution is 0.405. The first-order valence-electron chi connectivity index (χ1n) is 6.33. The lowest BCUT2D eigenvalue weighted by Gasteiger charge is -2.20. The van der Waals surface area contributed by atoms with Gasteiger partial charge in [-0.25, -0.2) is 8.78 Å². The van der Waals surface area contributed by atoms with Crippen molar-refractivity contribution in [3.63, 3.8) is 0 Å². The summed E-state index contributed by atoms with van der Waals surface area (Å²) in [5.74, 6) is -0.502. The average Bonchev–Trinajstić information content (AvgIpc) is 2.39. The Morgan fingerprint density at radius 2 is 1.70 bits per heavy atom. The Labute approximate surface area is 117 Å². The molecule has 1 unspecified atom stereocenters. The summed E-state index contributed by atoms with van der Waals surface area (Å²) in [6.45, 7) is 1.96. The number of benzene rings is 2. The number of halogens is 2. The molecule has 4 heteroatoms. The summed E-state index contributed by atoms with van der Waals surface area (Å²) in [6.07, 6.45) is 0. The van der Waals surface area contributed by atoms with Crippen LogP contribution in [-0.2, 0) is 0 Å². The van der Waals surface area contributed by atoms with Crippen LogP contribution in [-0.4, -0.2) is 14.2 Å². The van der Waals surface area contributed by atoms with Crippen molar-refractivity contribution in [1.82, 2.24) is 5.32 Å². The molecule has 20 heavy (non-hydrogen) atoms. The van der Waals surface area contributed by atoms with Crippen LogP contribution in [0.15, 0.2) is 36.4 Å². The molecule has 2 aromatic carbocycles. The minimum Gasteiger partial charge on any atom is -0.496 e. The number of hydrogen-bond acceptors (Lipinski definition) is 2. The Balaban J connectivity index is 2.54. The van der Waals surface area contributed by atoms with Gasteiger partial charge in [0, 0.05) is 11.6 Å². The molecule has 0 spiro atoms. The minimum absolute atomic E-state index is 0.338. The predicted molar refractivity (Wildman–Crippen MR) is 75.0 cm³/mol. The maximum atomic E-state index is 13.4. The summed E-state index contributed by atoms with van der Waals surface area (Å²) < 4.78 is 32.1. The predicted octanol–water partition coefficient (Wildman–Crippen LogP) is 3.59. The van der Waals surface area contributed by atoms with E-state index in [9.17, 15) is 8.78 Å². The van der Waals surface area contributed by atoms with Gasteiger partial charge in [0.2, 0.25) is 0 Å². The van der Waals surface area contributed by atoms with Crippen molar-refractivity contribution < 1.29 is 13.5 Å². The number of rotatable bonds is 4. The van der Waals surface area contributed by atoms with Crippen LogP contribution >= 0.6 is 0 Å². The van der Waals surface area contributed by atoms with Crippen LogP contribution in [0.1, 0.15) is 22.7 Å². The summed E-state index contributed by atoms with van der Waals surface area (Å²) in [5, 5.41) is 3.08. The number of ether oxygens (including phenoxy) is 1. The quantitative estimate of drug-likeness (QED) is 0.922. The van der Waals surface area contributed by atoms with Gasteiger partial charge in [-0.2, -0.15) is 0 Å².